The fraction of sp³-hybridized carbons (Fsp3) is 0.450. The van der Waals surface area contributed by atoms with E-state index in [2.05, 4.69) is 15.3 Å². The molecule has 160 valence electrons. The number of nitrogens with zero attached hydrogens (tertiary/aromatic N) is 4. The molecule has 1 amide bonds. The van der Waals surface area contributed by atoms with Crippen molar-refractivity contribution in [1.29, 1.82) is 0 Å². The Morgan fingerprint density at radius 2 is 1.93 bits per heavy atom. The van der Waals surface area contributed by atoms with Crippen LogP contribution in [0.1, 0.15) is 25.7 Å². The van der Waals surface area contributed by atoms with Gasteiger partial charge in [-0.3, -0.25) is 4.79 Å². The molecule has 3 heterocycles. The number of nitrogens with two attached hydrogens (primary N) is 1. The van der Waals surface area contributed by atoms with Crippen molar-refractivity contribution >= 4 is 34.8 Å². The SMILES string of the molecule is Nc1ncnc(N2CCC[C@@H](N3CCC[C@H](Nc4cc(F)cc(Cl)c4)C3=O)C2)c1F. The van der Waals surface area contributed by atoms with Crippen molar-refractivity contribution in [3.8, 4) is 0 Å². The van der Waals surface area contributed by atoms with Crippen LogP contribution in [0.15, 0.2) is 24.5 Å². The minimum absolute atomic E-state index is 0.0452. The highest BCUT2D eigenvalue weighted by atomic mass is 35.5. The van der Waals surface area contributed by atoms with E-state index in [1.807, 2.05) is 9.80 Å². The van der Waals surface area contributed by atoms with Gasteiger partial charge in [-0.05, 0) is 43.9 Å². The lowest BCUT2D eigenvalue weighted by Crippen LogP contribution is -2.56. The quantitative estimate of drug-likeness (QED) is 0.766. The lowest BCUT2D eigenvalue weighted by molar-refractivity contribution is -0.137. The van der Waals surface area contributed by atoms with Crippen LogP contribution in [0.5, 0.6) is 0 Å². The zero-order chi connectivity index (χ0) is 21.3. The van der Waals surface area contributed by atoms with Gasteiger partial charge in [0, 0.05) is 36.4 Å². The predicted octanol–water partition coefficient (Wildman–Crippen LogP) is 3.06. The molecular weight excluding hydrogens is 414 g/mol. The van der Waals surface area contributed by atoms with Crippen LogP contribution < -0.4 is 16.0 Å². The van der Waals surface area contributed by atoms with Crippen molar-refractivity contribution in [2.24, 2.45) is 0 Å². The smallest absolute Gasteiger partial charge is 0.245 e. The van der Waals surface area contributed by atoms with Gasteiger partial charge in [0.2, 0.25) is 11.7 Å². The monoisotopic (exact) mass is 436 g/mol. The molecule has 3 N–H and O–H groups in total. The Balaban J connectivity index is 1.47. The second kappa shape index (κ2) is 8.59. The number of aromatic nitrogens is 2. The van der Waals surface area contributed by atoms with Crippen molar-refractivity contribution in [1.82, 2.24) is 14.9 Å². The second-order valence-electron chi connectivity index (χ2n) is 7.67. The fourth-order valence-corrected chi connectivity index (χ4v) is 4.45. The first-order valence-electron chi connectivity index (χ1n) is 9.96. The van der Waals surface area contributed by atoms with E-state index in [-0.39, 0.29) is 28.6 Å². The van der Waals surface area contributed by atoms with Gasteiger partial charge in [0.25, 0.3) is 0 Å². The Morgan fingerprint density at radius 1 is 1.13 bits per heavy atom. The number of rotatable bonds is 4. The van der Waals surface area contributed by atoms with E-state index < -0.39 is 17.7 Å². The highest BCUT2D eigenvalue weighted by Crippen LogP contribution is 2.28. The minimum Gasteiger partial charge on any atom is -0.381 e. The molecule has 2 atom stereocenters. The van der Waals surface area contributed by atoms with Gasteiger partial charge < -0.3 is 20.9 Å². The third kappa shape index (κ3) is 4.26. The Kier molecular flexibility index (Phi) is 5.90. The number of hydrogen-bond acceptors (Lipinski definition) is 6. The maximum Gasteiger partial charge on any atom is 0.245 e. The molecule has 0 aliphatic carbocycles. The maximum atomic E-state index is 14.4. The van der Waals surface area contributed by atoms with Crippen LogP contribution in [0.25, 0.3) is 0 Å². The Labute approximate surface area is 178 Å². The summed E-state index contributed by atoms with van der Waals surface area (Å²) in [6, 6.07) is 3.61. The van der Waals surface area contributed by atoms with Gasteiger partial charge in [-0.2, -0.15) is 4.39 Å². The average Bonchev–Trinajstić information content (AvgIpc) is 2.71. The molecule has 2 aliphatic heterocycles. The summed E-state index contributed by atoms with van der Waals surface area (Å²) in [4.78, 5) is 24.5. The van der Waals surface area contributed by atoms with Crippen LogP contribution in [0, 0.1) is 11.6 Å². The van der Waals surface area contributed by atoms with Gasteiger partial charge in [-0.25, -0.2) is 14.4 Å². The van der Waals surface area contributed by atoms with Crippen LogP contribution in [-0.4, -0.2) is 52.5 Å². The lowest BCUT2D eigenvalue weighted by atomic mass is 9.97. The standard InChI is InChI=1S/C20H23ClF2N6O/c21-12-7-13(22)9-14(8-12)27-16-4-2-6-29(20(16)30)15-3-1-5-28(10-15)19-17(23)18(24)25-11-26-19/h7-9,11,15-16,27H,1-6,10H2,(H2,24,25,26)/t15-,16+/m1/s1. The summed E-state index contributed by atoms with van der Waals surface area (Å²) in [7, 11) is 0. The van der Waals surface area contributed by atoms with Crippen molar-refractivity contribution in [2.75, 3.05) is 35.6 Å². The number of anilines is 3. The Morgan fingerprint density at radius 3 is 2.73 bits per heavy atom. The number of nitrogens with one attached hydrogen (secondary N) is 1. The van der Waals surface area contributed by atoms with Crippen molar-refractivity contribution in [2.45, 2.75) is 37.8 Å². The molecule has 1 aromatic carbocycles. The maximum absolute atomic E-state index is 14.4. The Hall–Kier alpha value is -2.68. The van der Waals surface area contributed by atoms with Crippen LogP contribution in [0.4, 0.5) is 26.1 Å². The number of nitrogen functional groups attached to an aromatic ring is 1. The molecule has 0 bridgehead atoms. The van der Waals surface area contributed by atoms with Crippen molar-refractivity contribution in [3.05, 3.63) is 41.2 Å². The van der Waals surface area contributed by atoms with E-state index >= 15 is 0 Å². The molecule has 0 saturated carbocycles. The summed E-state index contributed by atoms with van der Waals surface area (Å²) in [5, 5.41) is 3.38. The fourth-order valence-electron chi connectivity index (χ4n) is 4.23. The number of piperidine rings is 2. The third-order valence-corrected chi connectivity index (χ3v) is 5.83. The van der Waals surface area contributed by atoms with Crippen molar-refractivity contribution in [3.63, 3.8) is 0 Å². The molecule has 7 nitrogen and oxygen atoms in total. The third-order valence-electron chi connectivity index (χ3n) is 5.61. The number of amides is 1. The summed E-state index contributed by atoms with van der Waals surface area (Å²) in [6.45, 7) is 1.74. The molecule has 2 aromatic rings. The first-order chi connectivity index (χ1) is 14.4. The highest BCUT2D eigenvalue weighted by Gasteiger charge is 2.36. The molecule has 2 fully saturated rings. The number of benzene rings is 1. The molecule has 2 saturated heterocycles. The normalized spacial score (nSPS) is 22.3. The molecule has 0 spiro atoms. The van der Waals surface area contributed by atoms with Gasteiger partial charge in [-0.1, -0.05) is 11.6 Å². The molecule has 30 heavy (non-hydrogen) atoms. The molecule has 2 aliphatic rings. The zero-order valence-corrected chi connectivity index (χ0v) is 17.1. The van der Waals surface area contributed by atoms with E-state index in [0.717, 1.165) is 19.3 Å². The molecular formula is C20H23ClF2N6O. The number of carbonyl (C=O) groups excluding carboxylic acids is 1. The molecule has 10 heteroatoms. The minimum atomic E-state index is -0.634. The van der Waals surface area contributed by atoms with Gasteiger partial charge in [-0.15, -0.1) is 0 Å². The van der Waals surface area contributed by atoms with Gasteiger partial charge in [0.1, 0.15) is 18.2 Å². The Bertz CT molecular complexity index is 925. The predicted molar refractivity (Wildman–Crippen MR) is 111 cm³/mol. The van der Waals surface area contributed by atoms with Crippen LogP contribution in [-0.2, 0) is 4.79 Å². The summed E-state index contributed by atoms with van der Waals surface area (Å²) >= 11 is 5.92. The number of carbonyl (C=O) groups is 1. The van der Waals surface area contributed by atoms with E-state index in [0.29, 0.717) is 31.7 Å². The molecule has 0 unspecified atom stereocenters. The second-order valence-corrected chi connectivity index (χ2v) is 8.10. The summed E-state index contributed by atoms with van der Waals surface area (Å²) < 4.78 is 28.0. The van der Waals surface area contributed by atoms with Crippen LogP contribution >= 0.6 is 11.6 Å². The van der Waals surface area contributed by atoms with Crippen molar-refractivity contribution < 1.29 is 13.6 Å². The topological polar surface area (TPSA) is 87.4 Å². The van der Waals surface area contributed by atoms with E-state index in [4.69, 9.17) is 17.3 Å². The average molecular weight is 437 g/mol. The van der Waals surface area contributed by atoms with E-state index in [9.17, 15) is 13.6 Å². The van der Waals surface area contributed by atoms with E-state index in [1.54, 1.807) is 6.07 Å². The van der Waals surface area contributed by atoms with Crippen LogP contribution in [0.2, 0.25) is 5.02 Å². The number of likely N-dealkylation sites (tertiary alicyclic amines) is 1. The van der Waals surface area contributed by atoms with Gasteiger partial charge in [0.15, 0.2) is 11.6 Å². The zero-order valence-electron chi connectivity index (χ0n) is 16.3. The summed E-state index contributed by atoms with van der Waals surface area (Å²) in [6.07, 6.45) is 4.33. The van der Waals surface area contributed by atoms with Gasteiger partial charge >= 0.3 is 0 Å². The molecule has 1 aromatic heterocycles. The summed E-state index contributed by atoms with van der Waals surface area (Å²) in [5.41, 5.74) is 6.05. The number of halogens is 3. The van der Waals surface area contributed by atoms with Gasteiger partial charge in [0.05, 0.1) is 0 Å². The molecule has 0 radical (unpaired) electrons. The van der Waals surface area contributed by atoms with Crippen LogP contribution in [0.3, 0.4) is 0 Å². The first kappa shape index (κ1) is 20.6. The van der Waals surface area contributed by atoms with E-state index in [1.165, 1.54) is 18.5 Å². The lowest BCUT2D eigenvalue weighted by Gasteiger charge is -2.43. The summed E-state index contributed by atoms with van der Waals surface area (Å²) in [5.74, 6) is -1.16. The largest absolute Gasteiger partial charge is 0.381 e. The number of hydrogen-bond donors (Lipinski definition) is 2. The molecule has 4 rings (SSSR count). The first-order valence-corrected chi connectivity index (χ1v) is 10.3. The highest BCUT2D eigenvalue weighted by molar-refractivity contribution is 6.30.